The van der Waals surface area contributed by atoms with Crippen LogP contribution in [-0.2, 0) is 9.53 Å². The fourth-order valence-electron chi connectivity index (χ4n) is 1.86. The number of thiophene rings is 1. The summed E-state index contributed by atoms with van der Waals surface area (Å²) in [5.41, 5.74) is 0.220. The number of amides is 1. The number of aliphatic carboxylic acids is 1. The minimum atomic E-state index is -0.964. The number of aryl methyl sites for hydroxylation is 2. The number of carbonyl (C=O) groups excluding carboxylic acids is 1. The van der Waals surface area contributed by atoms with E-state index < -0.39 is 23.7 Å². The van der Waals surface area contributed by atoms with Gasteiger partial charge in [-0.05, 0) is 46.2 Å². The summed E-state index contributed by atoms with van der Waals surface area (Å²) in [5, 5.41) is 11.6. The Kier molecular flexibility index (Phi) is 5.16. The number of ether oxygens (including phenoxy) is 1. The lowest BCUT2D eigenvalue weighted by Crippen LogP contribution is -2.35. The molecular weight excluding hydrogens is 278 g/mol. The van der Waals surface area contributed by atoms with E-state index in [9.17, 15) is 9.59 Å². The minimum Gasteiger partial charge on any atom is -0.481 e. The van der Waals surface area contributed by atoms with Crippen molar-refractivity contribution in [2.75, 3.05) is 0 Å². The number of carboxylic acid groups (broad SMARTS) is 1. The zero-order valence-corrected chi connectivity index (χ0v) is 13.3. The van der Waals surface area contributed by atoms with Gasteiger partial charge in [0.15, 0.2) is 0 Å². The van der Waals surface area contributed by atoms with Gasteiger partial charge >= 0.3 is 12.1 Å². The van der Waals surface area contributed by atoms with Gasteiger partial charge in [0.2, 0.25) is 0 Å². The standard InChI is InChI=1S/C14H21NO4S/c1-8-6-10(9(2)20-8)11(7-12(16)17)15-13(18)19-14(3,4)5/h6,11H,7H2,1-5H3,(H,15,18)(H,16,17). The number of alkyl carbamates (subject to hydrolysis) is 1. The molecule has 1 aromatic rings. The summed E-state index contributed by atoms with van der Waals surface area (Å²) in [6.07, 6.45) is -0.775. The number of carboxylic acids is 1. The normalized spacial score (nSPS) is 12.8. The van der Waals surface area contributed by atoms with E-state index in [-0.39, 0.29) is 6.42 Å². The lowest BCUT2D eigenvalue weighted by Gasteiger charge is -2.23. The first-order chi connectivity index (χ1) is 9.08. The molecule has 6 heteroatoms. The second-order valence-electron chi connectivity index (χ2n) is 5.67. The molecule has 0 aliphatic heterocycles. The molecule has 112 valence electrons. The molecule has 0 bridgehead atoms. The molecule has 1 atom stereocenters. The average molecular weight is 299 g/mol. The Hall–Kier alpha value is -1.56. The Morgan fingerprint density at radius 2 is 2.00 bits per heavy atom. The second kappa shape index (κ2) is 6.26. The maximum atomic E-state index is 11.8. The van der Waals surface area contributed by atoms with Crippen LogP contribution in [0.5, 0.6) is 0 Å². The molecule has 0 aliphatic rings. The molecular formula is C14H21NO4S. The molecule has 0 fully saturated rings. The monoisotopic (exact) mass is 299 g/mol. The lowest BCUT2D eigenvalue weighted by atomic mass is 10.0. The van der Waals surface area contributed by atoms with Gasteiger partial charge in [-0.2, -0.15) is 0 Å². The topological polar surface area (TPSA) is 75.6 Å². The molecule has 0 saturated heterocycles. The Bertz CT molecular complexity index is 502. The van der Waals surface area contributed by atoms with Crippen LogP contribution in [0.1, 0.15) is 48.6 Å². The van der Waals surface area contributed by atoms with Crippen molar-refractivity contribution < 1.29 is 19.4 Å². The molecule has 0 radical (unpaired) electrons. The van der Waals surface area contributed by atoms with Crippen LogP contribution in [-0.4, -0.2) is 22.8 Å². The maximum Gasteiger partial charge on any atom is 0.408 e. The smallest absolute Gasteiger partial charge is 0.408 e. The highest BCUT2D eigenvalue weighted by Crippen LogP contribution is 2.28. The predicted octanol–water partition coefficient (Wildman–Crippen LogP) is 3.41. The van der Waals surface area contributed by atoms with Gasteiger partial charge in [0.1, 0.15) is 5.60 Å². The maximum absolute atomic E-state index is 11.8. The van der Waals surface area contributed by atoms with E-state index in [2.05, 4.69) is 5.32 Å². The van der Waals surface area contributed by atoms with Gasteiger partial charge in [-0.25, -0.2) is 4.79 Å². The molecule has 1 aromatic heterocycles. The molecule has 2 N–H and O–H groups in total. The fraction of sp³-hybridized carbons (Fsp3) is 0.571. The number of nitrogens with one attached hydrogen (secondary N) is 1. The van der Waals surface area contributed by atoms with E-state index in [1.807, 2.05) is 19.9 Å². The van der Waals surface area contributed by atoms with Crippen LogP contribution in [0.2, 0.25) is 0 Å². The molecule has 1 amide bonds. The fourth-order valence-corrected chi connectivity index (χ4v) is 2.85. The van der Waals surface area contributed by atoms with E-state index in [0.717, 1.165) is 15.3 Å². The Morgan fingerprint density at radius 3 is 2.40 bits per heavy atom. The highest BCUT2D eigenvalue weighted by molar-refractivity contribution is 7.12. The van der Waals surface area contributed by atoms with Crippen molar-refractivity contribution in [3.05, 3.63) is 21.4 Å². The van der Waals surface area contributed by atoms with E-state index in [1.165, 1.54) is 0 Å². The number of hydrogen-bond donors (Lipinski definition) is 2. The predicted molar refractivity (Wildman–Crippen MR) is 78.2 cm³/mol. The summed E-state index contributed by atoms with van der Waals surface area (Å²) in [7, 11) is 0. The van der Waals surface area contributed by atoms with Crippen molar-refractivity contribution in [2.45, 2.75) is 52.7 Å². The zero-order chi connectivity index (χ0) is 15.5. The quantitative estimate of drug-likeness (QED) is 0.893. The van der Waals surface area contributed by atoms with Crippen molar-refractivity contribution in [1.82, 2.24) is 5.32 Å². The summed E-state index contributed by atoms with van der Waals surface area (Å²) in [5.74, 6) is -0.964. The third-order valence-electron chi connectivity index (χ3n) is 2.52. The lowest BCUT2D eigenvalue weighted by molar-refractivity contribution is -0.137. The molecule has 1 heterocycles. The largest absolute Gasteiger partial charge is 0.481 e. The first-order valence-electron chi connectivity index (χ1n) is 6.36. The van der Waals surface area contributed by atoms with Gasteiger partial charge in [-0.15, -0.1) is 11.3 Å². The second-order valence-corrected chi connectivity index (χ2v) is 7.13. The molecule has 1 rings (SSSR count). The third kappa shape index (κ3) is 5.21. The van der Waals surface area contributed by atoms with Crippen LogP contribution in [0.15, 0.2) is 6.07 Å². The van der Waals surface area contributed by atoms with Gasteiger partial charge in [-0.3, -0.25) is 4.79 Å². The zero-order valence-electron chi connectivity index (χ0n) is 12.4. The van der Waals surface area contributed by atoms with Crippen LogP contribution in [0.25, 0.3) is 0 Å². The van der Waals surface area contributed by atoms with E-state index in [1.54, 1.807) is 32.1 Å². The molecule has 5 nitrogen and oxygen atoms in total. The van der Waals surface area contributed by atoms with Crippen molar-refractivity contribution in [2.24, 2.45) is 0 Å². The van der Waals surface area contributed by atoms with Gasteiger partial charge in [0.25, 0.3) is 0 Å². The SMILES string of the molecule is Cc1cc(C(CC(=O)O)NC(=O)OC(C)(C)C)c(C)s1. The molecule has 0 saturated carbocycles. The molecule has 0 aliphatic carbocycles. The van der Waals surface area contributed by atoms with Gasteiger partial charge in [0.05, 0.1) is 12.5 Å². The van der Waals surface area contributed by atoms with E-state index >= 15 is 0 Å². The van der Waals surface area contributed by atoms with Gasteiger partial charge in [0, 0.05) is 9.75 Å². The van der Waals surface area contributed by atoms with Gasteiger partial charge in [-0.1, -0.05) is 0 Å². The van der Waals surface area contributed by atoms with Crippen molar-refractivity contribution >= 4 is 23.4 Å². The summed E-state index contributed by atoms with van der Waals surface area (Å²) < 4.78 is 5.18. The number of rotatable bonds is 4. The van der Waals surface area contributed by atoms with Crippen LogP contribution in [0.3, 0.4) is 0 Å². The van der Waals surface area contributed by atoms with Crippen LogP contribution in [0, 0.1) is 13.8 Å². The first kappa shape index (κ1) is 16.5. The van der Waals surface area contributed by atoms with Crippen molar-refractivity contribution in [3.63, 3.8) is 0 Å². The van der Waals surface area contributed by atoms with Crippen molar-refractivity contribution in [3.8, 4) is 0 Å². The molecule has 0 aromatic carbocycles. The summed E-state index contributed by atoms with van der Waals surface area (Å²) in [6.45, 7) is 9.15. The van der Waals surface area contributed by atoms with Crippen LogP contribution < -0.4 is 5.32 Å². The van der Waals surface area contributed by atoms with E-state index in [0.29, 0.717) is 0 Å². The average Bonchev–Trinajstić information content (AvgIpc) is 2.53. The summed E-state index contributed by atoms with van der Waals surface area (Å²) in [4.78, 5) is 24.9. The minimum absolute atomic E-state index is 0.170. The number of hydrogen-bond acceptors (Lipinski definition) is 4. The highest BCUT2D eigenvalue weighted by atomic mass is 32.1. The van der Waals surface area contributed by atoms with Gasteiger partial charge < -0.3 is 15.2 Å². The first-order valence-corrected chi connectivity index (χ1v) is 7.18. The Morgan fingerprint density at radius 1 is 1.40 bits per heavy atom. The Labute approximate surface area is 123 Å². The number of carbonyl (C=O) groups is 2. The van der Waals surface area contributed by atoms with E-state index in [4.69, 9.17) is 9.84 Å². The summed E-state index contributed by atoms with van der Waals surface area (Å²) in [6, 6.07) is 1.33. The van der Waals surface area contributed by atoms with Crippen molar-refractivity contribution in [1.29, 1.82) is 0 Å². The summed E-state index contributed by atoms with van der Waals surface area (Å²) >= 11 is 1.58. The van der Waals surface area contributed by atoms with Crippen LogP contribution >= 0.6 is 11.3 Å². The molecule has 20 heavy (non-hydrogen) atoms. The molecule has 1 unspecified atom stereocenters. The Balaban J connectivity index is 2.88. The third-order valence-corrected chi connectivity index (χ3v) is 3.51. The van der Waals surface area contributed by atoms with Crippen LogP contribution in [0.4, 0.5) is 4.79 Å². The molecule has 0 spiro atoms. The highest BCUT2D eigenvalue weighted by Gasteiger charge is 2.24.